The quantitative estimate of drug-likeness (QED) is 0.396. The fourth-order valence-electron chi connectivity index (χ4n) is 1.86. The fourth-order valence-corrected chi connectivity index (χ4v) is 1.86. The van der Waals surface area contributed by atoms with Crippen LogP contribution < -0.4 is 14.2 Å². The minimum absolute atomic E-state index is 0.400. The topological polar surface area (TPSA) is 69.9 Å². The summed E-state index contributed by atoms with van der Waals surface area (Å²) in [5.41, 5.74) is 1.35. The van der Waals surface area contributed by atoms with Crippen molar-refractivity contribution in [3.8, 4) is 23.3 Å². The summed E-state index contributed by atoms with van der Waals surface area (Å²) in [4.78, 5) is 0. The summed E-state index contributed by atoms with van der Waals surface area (Å²) in [5, 5.41) is 9.18. The minimum Gasteiger partial charge on any atom is -0.498 e. The average Bonchev–Trinajstić information content (AvgIpc) is 2.56. The van der Waals surface area contributed by atoms with Crippen LogP contribution in [0.25, 0.3) is 0 Å². The first kappa shape index (κ1) is 17.7. The molecule has 0 aliphatic carbocycles. The summed E-state index contributed by atoms with van der Waals surface area (Å²) in [6.45, 7) is 0.871. The van der Waals surface area contributed by atoms with E-state index in [2.05, 4.69) is 6.07 Å². The molecule has 0 heterocycles. The van der Waals surface area contributed by atoms with E-state index in [0.717, 1.165) is 5.56 Å². The number of allylic oxidation sites excluding steroid dienone is 1. The monoisotopic (exact) mass is 307 g/mol. The molecule has 0 N–H and O–H groups in total. The van der Waals surface area contributed by atoms with Crippen LogP contribution in [0.4, 0.5) is 0 Å². The third-order valence-electron chi connectivity index (χ3n) is 2.89. The molecular weight excluding hydrogens is 286 g/mol. The van der Waals surface area contributed by atoms with E-state index in [9.17, 15) is 5.26 Å². The molecule has 1 rings (SSSR count). The lowest BCUT2D eigenvalue weighted by molar-refractivity contribution is 0.123. The normalized spacial score (nSPS) is 10.8. The molecule has 0 radical (unpaired) electrons. The summed E-state index contributed by atoms with van der Waals surface area (Å²) in [5.74, 6) is 1.62. The van der Waals surface area contributed by atoms with E-state index in [-0.39, 0.29) is 0 Å². The van der Waals surface area contributed by atoms with Gasteiger partial charge < -0.3 is 23.7 Å². The second kappa shape index (κ2) is 9.53. The molecule has 22 heavy (non-hydrogen) atoms. The van der Waals surface area contributed by atoms with Gasteiger partial charge in [-0.3, -0.25) is 0 Å². The lowest BCUT2D eigenvalue weighted by Gasteiger charge is -2.14. The van der Waals surface area contributed by atoms with Crippen LogP contribution in [-0.2, 0) is 15.9 Å². The Hall–Kier alpha value is -2.39. The Labute approximate surface area is 130 Å². The van der Waals surface area contributed by atoms with Crippen LogP contribution in [0.2, 0.25) is 0 Å². The summed E-state index contributed by atoms with van der Waals surface area (Å²) < 4.78 is 26.0. The predicted octanol–water partition coefficient (Wildman–Crippen LogP) is 2.33. The molecule has 0 saturated carbocycles. The van der Waals surface area contributed by atoms with Crippen molar-refractivity contribution in [2.45, 2.75) is 6.42 Å². The molecule has 0 aliphatic rings. The van der Waals surface area contributed by atoms with Gasteiger partial charge in [0.15, 0.2) is 11.5 Å². The van der Waals surface area contributed by atoms with E-state index in [1.54, 1.807) is 28.4 Å². The van der Waals surface area contributed by atoms with Gasteiger partial charge in [0.25, 0.3) is 0 Å². The largest absolute Gasteiger partial charge is 0.498 e. The van der Waals surface area contributed by atoms with Gasteiger partial charge in [-0.15, -0.1) is 0 Å². The van der Waals surface area contributed by atoms with Gasteiger partial charge in [0.2, 0.25) is 5.75 Å². The highest BCUT2D eigenvalue weighted by Crippen LogP contribution is 2.38. The van der Waals surface area contributed by atoms with Crippen molar-refractivity contribution in [3.05, 3.63) is 29.5 Å². The van der Waals surface area contributed by atoms with Gasteiger partial charge in [0.1, 0.15) is 6.61 Å². The zero-order valence-corrected chi connectivity index (χ0v) is 13.3. The lowest BCUT2D eigenvalue weighted by Crippen LogP contribution is -2.00. The van der Waals surface area contributed by atoms with Crippen LogP contribution in [0.3, 0.4) is 0 Å². The Morgan fingerprint density at radius 1 is 1.05 bits per heavy atom. The van der Waals surface area contributed by atoms with E-state index in [1.165, 1.54) is 6.26 Å². The summed E-state index contributed by atoms with van der Waals surface area (Å²) in [6, 6.07) is 5.73. The predicted molar refractivity (Wildman–Crippen MR) is 81.3 cm³/mol. The molecular formula is C16H21NO5. The zero-order chi connectivity index (χ0) is 16.4. The average molecular weight is 307 g/mol. The molecule has 0 unspecified atom stereocenters. The first-order valence-electron chi connectivity index (χ1n) is 6.68. The Morgan fingerprint density at radius 3 is 2.14 bits per heavy atom. The van der Waals surface area contributed by atoms with Crippen molar-refractivity contribution in [3.63, 3.8) is 0 Å². The number of methoxy groups -OCH3 is 4. The second-order valence-corrected chi connectivity index (χ2v) is 4.33. The number of nitrogens with zero attached hydrogens (tertiary/aromatic N) is 1. The van der Waals surface area contributed by atoms with Gasteiger partial charge in [-0.05, 0) is 17.7 Å². The molecule has 1 aromatic rings. The van der Waals surface area contributed by atoms with E-state index in [4.69, 9.17) is 23.7 Å². The van der Waals surface area contributed by atoms with Crippen LogP contribution in [0.5, 0.6) is 17.2 Å². The maximum absolute atomic E-state index is 9.18. The van der Waals surface area contributed by atoms with Crippen molar-refractivity contribution in [2.24, 2.45) is 0 Å². The van der Waals surface area contributed by atoms with Gasteiger partial charge in [-0.1, -0.05) is 0 Å². The molecule has 120 valence electrons. The lowest BCUT2D eigenvalue weighted by atomic mass is 10.1. The molecule has 6 heteroatoms. The van der Waals surface area contributed by atoms with Crippen LogP contribution in [-0.4, -0.2) is 41.7 Å². The molecule has 0 amide bonds. The number of rotatable bonds is 9. The molecule has 0 saturated heterocycles. The number of hydrogen-bond donors (Lipinski definition) is 0. The summed E-state index contributed by atoms with van der Waals surface area (Å²) >= 11 is 0. The number of ether oxygens (including phenoxy) is 5. The molecule has 1 aromatic carbocycles. The van der Waals surface area contributed by atoms with Crippen molar-refractivity contribution in [1.82, 2.24) is 0 Å². The van der Waals surface area contributed by atoms with Gasteiger partial charge >= 0.3 is 0 Å². The van der Waals surface area contributed by atoms with E-state index in [1.807, 2.05) is 12.1 Å². The molecule has 0 spiro atoms. The van der Waals surface area contributed by atoms with Gasteiger partial charge in [0, 0.05) is 13.5 Å². The summed E-state index contributed by atoms with van der Waals surface area (Å²) in [7, 11) is 6.24. The molecule has 6 nitrogen and oxygen atoms in total. The Balaban J connectivity index is 2.94. The van der Waals surface area contributed by atoms with Crippen molar-refractivity contribution >= 4 is 0 Å². The van der Waals surface area contributed by atoms with Gasteiger partial charge in [-0.25, -0.2) is 0 Å². The zero-order valence-electron chi connectivity index (χ0n) is 13.3. The number of benzene rings is 1. The molecule has 0 fully saturated rings. The maximum Gasteiger partial charge on any atom is 0.203 e. The second-order valence-electron chi connectivity index (χ2n) is 4.33. The van der Waals surface area contributed by atoms with Crippen LogP contribution in [0.15, 0.2) is 24.0 Å². The summed E-state index contributed by atoms with van der Waals surface area (Å²) in [6.07, 6.45) is 1.85. The number of hydrogen-bond acceptors (Lipinski definition) is 6. The van der Waals surface area contributed by atoms with E-state index < -0.39 is 0 Å². The molecule has 0 atom stereocenters. The molecule has 0 aromatic heterocycles. The van der Waals surface area contributed by atoms with Crippen LogP contribution >= 0.6 is 0 Å². The first-order chi connectivity index (χ1) is 10.7. The number of nitriles is 1. The Kier molecular flexibility index (Phi) is 7.65. The SMILES string of the molecule is COCCO/C=C(\C#N)Cc1cc(OC)c(OC)c(OC)c1. The minimum atomic E-state index is 0.400. The van der Waals surface area contributed by atoms with Crippen LogP contribution in [0, 0.1) is 11.3 Å². The highest BCUT2D eigenvalue weighted by atomic mass is 16.5. The third-order valence-corrected chi connectivity index (χ3v) is 2.89. The highest BCUT2D eigenvalue weighted by molar-refractivity contribution is 5.54. The maximum atomic E-state index is 9.18. The van der Waals surface area contributed by atoms with E-state index in [0.29, 0.717) is 42.5 Å². The van der Waals surface area contributed by atoms with Crippen molar-refractivity contribution in [2.75, 3.05) is 41.7 Å². The Morgan fingerprint density at radius 2 is 1.68 bits per heavy atom. The third kappa shape index (κ3) is 4.86. The fraction of sp³-hybridized carbons (Fsp3) is 0.438. The van der Waals surface area contributed by atoms with Gasteiger partial charge in [0.05, 0.1) is 45.8 Å². The van der Waals surface area contributed by atoms with Crippen molar-refractivity contribution < 1.29 is 23.7 Å². The Bertz CT molecular complexity index is 523. The van der Waals surface area contributed by atoms with E-state index >= 15 is 0 Å². The van der Waals surface area contributed by atoms with Crippen LogP contribution in [0.1, 0.15) is 5.56 Å². The smallest absolute Gasteiger partial charge is 0.203 e. The molecule has 0 bridgehead atoms. The highest BCUT2D eigenvalue weighted by Gasteiger charge is 2.14. The molecule has 0 aliphatic heterocycles. The standard InChI is InChI=1S/C16H21NO5/c1-18-5-6-22-11-13(10-17)7-12-8-14(19-2)16(21-4)15(9-12)20-3/h8-9,11H,5-7H2,1-4H3/b13-11-. The first-order valence-corrected chi connectivity index (χ1v) is 6.68. The van der Waals surface area contributed by atoms with Gasteiger partial charge in [-0.2, -0.15) is 5.26 Å². The van der Waals surface area contributed by atoms with Crippen molar-refractivity contribution in [1.29, 1.82) is 5.26 Å².